The normalized spacial score (nSPS) is 10.9. The molecule has 1 amide bonds. The van der Waals surface area contributed by atoms with E-state index in [0.717, 1.165) is 46.7 Å². The largest absolute Gasteiger partial charge is 0.352 e. The van der Waals surface area contributed by atoms with Crippen LogP contribution in [-0.2, 0) is 7.05 Å². The van der Waals surface area contributed by atoms with Crippen LogP contribution in [0.3, 0.4) is 0 Å². The number of hydrogen-bond donors (Lipinski definition) is 1. The maximum absolute atomic E-state index is 12.2. The number of halogens is 1. The number of carbonyl (C=O) groups is 1. The second-order valence-corrected chi connectivity index (χ2v) is 5.69. The van der Waals surface area contributed by atoms with Gasteiger partial charge in [0, 0.05) is 35.2 Å². The number of aryl methyl sites for hydroxylation is 1. The molecule has 3 nitrogen and oxygen atoms in total. The quantitative estimate of drug-likeness (QED) is 0.833. The van der Waals surface area contributed by atoms with Gasteiger partial charge in [-0.1, -0.05) is 41.8 Å². The lowest BCUT2D eigenvalue weighted by Gasteiger charge is -2.03. The maximum atomic E-state index is 12.2. The molecule has 19 heavy (non-hydrogen) atoms. The van der Waals surface area contributed by atoms with Crippen molar-refractivity contribution in [2.45, 2.75) is 26.2 Å². The fourth-order valence-corrected chi connectivity index (χ4v) is 2.56. The van der Waals surface area contributed by atoms with Crippen molar-refractivity contribution in [1.29, 1.82) is 0 Å². The minimum absolute atomic E-state index is 0.0176. The second kappa shape index (κ2) is 6.24. The van der Waals surface area contributed by atoms with Crippen molar-refractivity contribution in [2.24, 2.45) is 7.05 Å². The van der Waals surface area contributed by atoms with E-state index in [4.69, 9.17) is 0 Å². The van der Waals surface area contributed by atoms with Gasteiger partial charge in [0.2, 0.25) is 0 Å². The summed E-state index contributed by atoms with van der Waals surface area (Å²) in [6.07, 6.45) is 5.26. The molecule has 0 bridgehead atoms. The van der Waals surface area contributed by atoms with Crippen LogP contribution in [0.2, 0.25) is 0 Å². The number of rotatable bonds is 5. The van der Waals surface area contributed by atoms with Crippen LogP contribution < -0.4 is 5.32 Å². The molecule has 0 unspecified atom stereocenters. The lowest BCUT2D eigenvalue weighted by atomic mass is 10.1. The van der Waals surface area contributed by atoms with Gasteiger partial charge in [-0.2, -0.15) is 0 Å². The summed E-state index contributed by atoms with van der Waals surface area (Å²) in [7, 11) is 1.96. The van der Waals surface area contributed by atoms with Crippen molar-refractivity contribution >= 4 is 32.7 Å². The molecule has 2 rings (SSSR count). The number of aromatic nitrogens is 1. The molecule has 1 aromatic heterocycles. The van der Waals surface area contributed by atoms with Crippen molar-refractivity contribution in [3.63, 3.8) is 0 Å². The molecule has 0 spiro atoms. The molecule has 2 aromatic rings. The van der Waals surface area contributed by atoms with Crippen molar-refractivity contribution < 1.29 is 4.79 Å². The van der Waals surface area contributed by atoms with Crippen LogP contribution in [0.15, 0.2) is 28.9 Å². The number of hydrogen-bond acceptors (Lipinski definition) is 1. The third-order valence-electron chi connectivity index (χ3n) is 3.26. The average molecular weight is 323 g/mol. The Labute approximate surface area is 122 Å². The summed E-state index contributed by atoms with van der Waals surface area (Å²) in [5.41, 5.74) is 1.81. The topological polar surface area (TPSA) is 34.0 Å². The lowest BCUT2D eigenvalue weighted by molar-refractivity contribution is 0.0954. The van der Waals surface area contributed by atoms with Crippen molar-refractivity contribution in [2.75, 3.05) is 6.54 Å². The van der Waals surface area contributed by atoms with Crippen molar-refractivity contribution in [3.8, 4) is 0 Å². The Morgan fingerprint density at radius 1 is 1.37 bits per heavy atom. The van der Waals surface area contributed by atoms with Gasteiger partial charge in [0.05, 0.1) is 5.56 Å². The summed E-state index contributed by atoms with van der Waals surface area (Å²) in [4.78, 5) is 12.2. The Morgan fingerprint density at radius 2 is 2.16 bits per heavy atom. The fourth-order valence-electron chi connectivity index (χ4n) is 2.21. The Hall–Kier alpha value is -1.29. The zero-order valence-electron chi connectivity index (χ0n) is 11.4. The Morgan fingerprint density at radius 3 is 2.89 bits per heavy atom. The third-order valence-corrected chi connectivity index (χ3v) is 3.76. The SMILES string of the molecule is CCCCCNC(=O)c1cn(C)c2cc(Br)ccc12. The van der Waals surface area contributed by atoms with Gasteiger partial charge in [-0.15, -0.1) is 0 Å². The summed E-state index contributed by atoms with van der Waals surface area (Å²) in [5.74, 6) is 0.0176. The molecule has 1 aromatic carbocycles. The Bertz CT molecular complexity index is 589. The van der Waals surface area contributed by atoms with Crippen LogP contribution in [0.4, 0.5) is 0 Å². The summed E-state index contributed by atoms with van der Waals surface area (Å²) in [5, 5.41) is 3.99. The van der Waals surface area contributed by atoms with Crippen LogP contribution in [0.5, 0.6) is 0 Å². The van der Waals surface area contributed by atoms with E-state index in [2.05, 4.69) is 28.2 Å². The van der Waals surface area contributed by atoms with Gasteiger partial charge in [-0.3, -0.25) is 4.79 Å². The molecule has 0 saturated heterocycles. The smallest absolute Gasteiger partial charge is 0.253 e. The number of amides is 1. The number of nitrogens with one attached hydrogen (secondary N) is 1. The third kappa shape index (κ3) is 3.18. The van der Waals surface area contributed by atoms with E-state index in [1.807, 2.05) is 36.0 Å². The van der Waals surface area contributed by atoms with Crippen LogP contribution in [0, 0.1) is 0 Å². The predicted molar refractivity (Wildman–Crippen MR) is 82.5 cm³/mol. The molecule has 4 heteroatoms. The van der Waals surface area contributed by atoms with E-state index >= 15 is 0 Å². The number of unbranched alkanes of at least 4 members (excludes halogenated alkanes) is 2. The van der Waals surface area contributed by atoms with E-state index in [1.54, 1.807) is 0 Å². The molecular weight excluding hydrogens is 304 g/mol. The molecule has 0 fully saturated rings. The minimum Gasteiger partial charge on any atom is -0.352 e. The number of nitrogens with zero attached hydrogens (tertiary/aromatic N) is 1. The van der Waals surface area contributed by atoms with Crippen LogP contribution in [-0.4, -0.2) is 17.0 Å². The van der Waals surface area contributed by atoms with E-state index < -0.39 is 0 Å². The monoisotopic (exact) mass is 322 g/mol. The molecule has 102 valence electrons. The van der Waals surface area contributed by atoms with Gasteiger partial charge in [0.1, 0.15) is 0 Å². The van der Waals surface area contributed by atoms with Gasteiger partial charge in [-0.25, -0.2) is 0 Å². The zero-order chi connectivity index (χ0) is 13.8. The molecule has 0 aliphatic rings. The van der Waals surface area contributed by atoms with Gasteiger partial charge in [0.25, 0.3) is 5.91 Å². The maximum Gasteiger partial charge on any atom is 0.253 e. The number of benzene rings is 1. The first-order valence-electron chi connectivity index (χ1n) is 6.66. The molecular formula is C15H19BrN2O. The summed E-state index contributed by atoms with van der Waals surface area (Å²) in [6, 6.07) is 5.99. The Kier molecular flexibility index (Phi) is 4.64. The van der Waals surface area contributed by atoms with Crippen molar-refractivity contribution in [1.82, 2.24) is 9.88 Å². The molecule has 0 radical (unpaired) electrons. The zero-order valence-corrected chi connectivity index (χ0v) is 13.0. The first-order chi connectivity index (χ1) is 9.13. The Balaban J connectivity index is 2.18. The predicted octanol–water partition coefficient (Wildman–Crippen LogP) is 3.86. The van der Waals surface area contributed by atoms with E-state index in [9.17, 15) is 4.79 Å². The van der Waals surface area contributed by atoms with Gasteiger partial charge in [0.15, 0.2) is 0 Å². The van der Waals surface area contributed by atoms with E-state index in [0.29, 0.717) is 0 Å². The van der Waals surface area contributed by atoms with Gasteiger partial charge >= 0.3 is 0 Å². The highest BCUT2D eigenvalue weighted by atomic mass is 79.9. The molecule has 0 aliphatic heterocycles. The summed E-state index contributed by atoms with van der Waals surface area (Å²) < 4.78 is 3.01. The number of carbonyl (C=O) groups excluding carboxylic acids is 1. The van der Waals surface area contributed by atoms with E-state index in [-0.39, 0.29) is 5.91 Å². The van der Waals surface area contributed by atoms with Gasteiger partial charge in [-0.05, 0) is 18.6 Å². The molecule has 1 N–H and O–H groups in total. The van der Waals surface area contributed by atoms with Gasteiger partial charge < -0.3 is 9.88 Å². The standard InChI is InChI=1S/C15H19BrN2O/c1-3-4-5-8-17-15(19)13-10-18(2)14-9-11(16)6-7-12(13)14/h6-7,9-10H,3-5,8H2,1-2H3,(H,17,19). The molecule has 0 saturated carbocycles. The number of fused-ring (bicyclic) bond motifs is 1. The van der Waals surface area contributed by atoms with Crippen LogP contribution in [0.25, 0.3) is 10.9 Å². The first-order valence-corrected chi connectivity index (χ1v) is 7.45. The fraction of sp³-hybridized carbons (Fsp3) is 0.400. The highest BCUT2D eigenvalue weighted by Crippen LogP contribution is 2.24. The lowest BCUT2D eigenvalue weighted by Crippen LogP contribution is -2.24. The summed E-state index contributed by atoms with van der Waals surface area (Å²) >= 11 is 3.46. The molecule has 1 heterocycles. The minimum atomic E-state index is 0.0176. The highest BCUT2D eigenvalue weighted by molar-refractivity contribution is 9.10. The average Bonchev–Trinajstić information content (AvgIpc) is 2.72. The molecule has 0 aliphatic carbocycles. The first kappa shape index (κ1) is 14.1. The van der Waals surface area contributed by atoms with Crippen LogP contribution >= 0.6 is 15.9 Å². The highest BCUT2D eigenvalue weighted by Gasteiger charge is 2.13. The van der Waals surface area contributed by atoms with E-state index in [1.165, 1.54) is 0 Å². The van der Waals surface area contributed by atoms with Crippen LogP contribution in [0.1, 0.15) is 36.5 Å². The second-order valence-electron chi connectivity index (χ2n) is 4.78. The summed E-state index contributed by atoms with van der Waals surface area (Å²) in [6.45, 7) is 2.91. The van der Waals surface area contributed by atoms with Crippen molar-refractivity contribution in [3.05, 3.63) is 34.4 Å². The molecule has 0 atom stereocenters.